The van der Waals surface area contributed by atoms with Crippen LogP contribution in [0.5, 0.6) is 5.75 Å². The number of likely N-dealkylation sites (tertiary alicyclic amines) is 1. The monoisotopic (exact) mass is 269 g/mol. The molecule has 2 unspecified atom stereocenters. The predicted octanol–water partition coefficient (Wildman–Crippen LogP) is 4.17. The number of phenolic OH excluding ortho intramolecular Hbond substituents is 1. The molecule has 2 aromatic carbocycles. The van der Waals surface area contributed by atoms with Crippen LogP contribution in [0.2, 0.25) is 0 Å². The molecule has 2 nitrogen and oxygen atoms in total. The number of hydrogen-bond donors (Lipinski definition) is 1. The highest BCUT2D eigenvalue weighted by Gasteiger charge is 2.24. The van der Waals surface area contributed by atoms with E-state index in [1.54, 1.807) is 0 Å². The Kier molecular flexibility index (Phi) is 3.66. The van der Waals surface area contributed by atoms with Crippen LogP contribution in [0.4, 0.5) is 0 Å². The van der Waals surface area contributed by atoms with Gasteiger partial charge in [0.05, 0.1) is 0 Å². The zero-order valence-electron chi connectivity index (χ0n) is 12.3. The molecule has 2 aromatic rings. The molecule has 1 fully saturated rings. The van der Waals surface area contributed by atoms with Gasteiger partial charge >= 0.3 is 0 Å². The number of phenols is 1. The van der Waals surface area contributed by atoms with Crippen molar-refractivity contribution in [2.45, 2.75) is 39.3 Å². The first-order valence-corrected chi connectivity index (χ1v) is 7.59. The fourth-order valence-corrected chi connectivity index (χ4v) is 3.38. The average Bonchev–Trinajstić information content (AvgIpc) is 2.44. The van der Waals surface area contributed by atoms with Crippen molar-refractivity contribution in [3.63, 3.8) is 0 Å². The van der Waals surface area contributed by atoms with Crippen LogP contribution >= 0.6 is 0 Å². The van der Waals surface area contributed by atoms with E-state index in [1.165, 1.54) is 23.6 Å². The molecule has 106 valence electrons. The number of hydrogen-bond acceptors (Lipinski definition) is 2. The number of fused-ring (bicyclic) bond motifs is 1. The minimum absolute atomic E-state index is 0.425. The van der Waals surface area contributed by atoms with E-state index < -0.39 is 0 Å². The summed E-state index contributed by atoms with van der Waals surface area (Å²) >= 11 is 0. The normalized spacial score (nSPS) is 24.1. The highest BCUT2D eigenvalue weighted by molar-refractivity contribution is 5.87. The van der Waals surface area contributed by atoms with Crippen LogP contribution in [0.3, 0.4) is 0 Å². The molecule has 20 heavy (non-hydrogen) atoms. The molecule has 0 saturated carbocycles. The van der Waals surface area contributed by atoms with Gasteiger partial charge in [0, 0.05) is 18.2 Å². The second-order valence-electron chi connectivity index (χ2n) is 6.23. The van der Waals surface area contributed by atoms with E-state index in [2.05, 4.69) is 30.9 Å². The Hall–Kier alpha value is -1.54. The van der Waals surface area contributed by atoms with Crippen LogP contribution in [-0.2, 0) is 6.54 Å². The maximum absolute atomic E-state index is 10.3. The smallest absolute Gasteiger partial charge is 0.120 e. The molecule has 3 rings (SSSR count). The lowest BCUT2D eigenvalue weighted by atomic mass is 9.92. The van der Waals surface area contributed by atoms with E-state index >= 15 is 0 Å². The summed E-state index contributed by atoms with van der Waals surface area (Å²) in [4.78, 5) is 2.50. The second-order valence-corrected chi connectivity index (χ2v) is 6.23. The predicted molar refractivity (Wildman–Crippen MR) is 83.9 cm³/mol. The molecule has 1 heterocycles. The van der Waals surface area contributed by atoms with Gasteiger partial charge in [-0.25, -0.2) is 0 Å². The second kappa shape index (κ2) is 5.45. The van der Waals surface area contributed by atoms with Crippen LogP contribution in [0.15, 0.2) is 36.4 Å². The van der Waals surface area contributed by atoms with Crippen molar-refractivity contribution in [1.29, 1.82) is 0 Å². The van der Waals surface area contributed by atoms with Gasteiger partial charge < -0.3 is 5.11 Å². The molecular weight excluding hydrogens is 246 g/mol. The summed E-state index contributed by atoms with van der Waals surface area (Å²) in [6.07, 6.45) is 2.52. The summed E-state index contributed by atoms with van der Waals surface area (Å²) in [5, 5.41) is 12.6. The van der Waals surface area contributed by atoms with E-state index in [9.17, 15) is 5.11 Å². The SMILES string of the molecule is CC1CCN(Cc2c(O)ccc3ccccc23)C(C)C1. The van der Waals surface area contributed by atoms with Crippen LogP contribution in [0.25, 0.3) is 10.8 Å². The summed E-state index contributed by atoms with van der Waals surface area (Å²) in [6, 6.07) is 12.7. The molecule has 0 spiro atoms. The lowest BCUT2D eigenvalue weighted by Crippen LogP contribution is -2.39. The Morgan fingerprint density at radius 1 is 1.15 bits per heavy atom. The minimum Gasteiger partial charge on any atom is -0.508 e. The van der Waals surface area contributed by atoms with Crippen LogP contribution in [0, 0.1) is 5.92 Å². The molecule has 1 saturated heterocycles. The maximum Gasteiger partial charge on any atom is 0.120 e. The Morgan fingerprint density at radius 2 is 1.95 bits per heavy atom. The van der Waals surface area contributed by atoms with Crippen molar-refractivity contribution in [2.75, 3.05) is 6.54 Å². The van der Waals surface area contributed by atoms with Gasteiger partial charge in [-0.2, -0.15) is 0 Å². The molecule has 0 amide bonds. The Labute approximate surface area is 121 Å². The van der Waals surface area contributed by atoms with Crippen molar-refractivity contribution in [2.24, 2.45) is 5.92 Å². The van der Waals surface area contributed by atoms with Gasteiger partial charge in [-0.15, -0.1) is 0 Å². The zero-order valence-corrected chi connectivity index (χ0v) is 12.3. The first-order chi connectivity index (χ1) is 9.65. The van der Waals surface area contributed by atoms with Crippen molar-refractivity contribution >= 4 is 10.8 Å². The van der Waals surface area contributed by atoms with Crippen molar-refractivity contribution in [1.82, 2.24) is 4.90 Å². The fraction of sp³-hybridized carbons (Fsp3) is 0.444. The molecule has 0 bridgehead atoms. The Morgan fingerprint density at radius 3 is 2.75 bits per heavy atom. The fourth-order valence-electron chi connectivity index (χ4n) is 3.38. The maximum atomic E-state index is 10.3. The molecule has 0 radical (unpaired) electrons. The van der Waals surface area contributed by atoms with E-state index in [0.29, 0.717) is 11.8 Å². The van der Waals surface area contributed by atoms with Crippen LogP contribution in [-0.4, -0.2) is 22.6 Å². The van der Waals surface area contributed by atoms with Gasteiger partial charge in [0.15, 0.2) is 0 Å². The summed E-state index contributed by atoms with van der Waals surface area (Å²) < 4.78 is 0. The van der Waals surface area contributed by atoms with E-state index in [4.69, 9.17) is 0 Å². The molecule has 1 N–H and O–H groups in total. The highest BCUT2D eigenvalue weighted by Crippen LogP contribution is 2.31. The van der Waals surface area contributed by atoms with Crippen molar-refractivity contribution < 1.29 is 5.11 Å². The molecule has 1 aliphatic rings. The summed E-state index contributed by atoms with van der Waals surface area (Å²) in [5.41, 5.74) is 1.07. The van der Waals surface area contributed by atoms with E-state index in [0.717, 1.165) is 24.6 Å². The number of aromatic hydroxyl groups is 1. The Bertz CT molecular complexity index is 607. The molecule has 2 heteroatoms. The summed E-state index contributed by atoms with van der Waals surface area (Å²) in [7, 11) is 0. The Balaban J connectivity index is 1.92. The first kappa shape index (κ1) is 13.4. The third-order valence-electron chi connectivity index (χ3n) is 4.65. The number of benzene rings is 2. The number of rotatable bonds is 2. The van der Waals surface area contributed by atoms with Gasteiger partial charge in [-0.1, -0.05) is 37.3 Å². The molecule has 0 aromatic heterocycles. The van der Waals surface area contributed by atoms with Crippen molar-refractivity contribution in [3.05, 3.63) is 42.0 Å². The van der Waals surface area contributed by atoms with Crippen LogP contribution in [0.1, 0.15) is 32.3 Å². The third kappa shape index (κ3) is 2.53. The topological polar surface area (TPSA) is 23.5 Å². The van der Waals surface area contributed by atoms with E-state index in [-0.39, 0.29) is 0 Å². The van der Waals surface area contributed by atoms with Gasteiger partial charge in [-0.3, -0.25) is 4.90 Å². The standard InChI is InChI=1S/C18H23NO/c1-13-9-10-19(14(2)11-13)12-17-16-6-4-3-5-15(16)7-8-18(17)20/h3-8,13-14,20H,9-12H2,1-2H3. The third-order valence-corrected chi connectivity index (χ3v) is 4.65. The molecular formula is C18H23NO. The van der Waals surface area contributed by atoms with Gasteiger partial charge in [0.1, 0.15) is 5.75 Å². The lowest BCUT2D eigenvalue weighted by molar-refractivity contribution is 0.121. The largest absolute Gasteiger partial charge is 0.508 e. The minimum atomic E-state index is 0.425. The number of nitrogens with zero attached hydrogens (tertiary/aromatic N) is 1. The highest BCUT2D eigenvalue weighted by atomic mass is 16.3. The summed E-state index contributed by atoms with van der Waals surface area (Å²) in [6.45, 7) is 6.62. The molecule has 2 atom stereocenters. The van der Waals surface area contributed by atoms with Gasteiger partial charge in [-0.05, 0) is 49.1 Å². The van der Waals surface area contributed by atoms with Gasteiger partial charge in [0.2, 0.25) is 0 Å². The van der Waals surface area contributed by atoms with Gasteiger partial charge in [0.25, 0.3) is 0 Å². The molecule has 1 aliphatic heterocycles. The van der Waals surface area contributed by atoms with E-state index in [1.807, 2.05) is 24.3 Å². The molecule has 0 aliphatic carbocycles. The first-order valence-electron chi connectivity index (χ1n) is 7.59. The number of piperidine rings is 1. The average molecular weight is 269 g/mol. The quantitative estimate of drug-likeness (QED) is 0.884. The van der Waals surface area contributed by atoms with Crippen molar-refractivity contribution in [3.8, 4) is 5.75 Å². The summed E-state index contributed by atoms with van der Waals surface area (Å²) in [5.74, 6) is 1.25. The zero-order chi connectivity index (χ0) is 14.1. The van der Waals surface area contributed by atoms with Crippen LogP contribution < -0.4 is 0 Å². The lowest BCUT2D eigenvalue weighted by Gasteiger charge is -2.36.